The van der Waals surface area contributed by atoms with E-state index in [9.17, 15) is 4.79 Å². The first-order chi connectivity index (χ1) is 8.16. The lowest BCUT2D eigenvalue weighted by Crippen LogP contribution is -2.34. The van der Waals surface area contributed by atoms with Gasteiger partial charge in [0, 0.05) is 35.2 Å². The number of hydrogen-bond acceptors (Lipinski definition) is 3. The topological polar surface area (TPSA) is 42.0 Å². The maximum Gasteiger partial charge on any atom is 0.144 e. The molecule has 1 aromatic rings. The number of carbonyl (C=O) groups is 1. The predicted octanol–water partition coefficient (Wildman–Crippen LogP) is 2.35. The first kappa shape index (κ1) is 12.7. The van der Waals surface area contributed by atoms with E-state index in [0.717, 1.165) is 36.0 Å². The van der Waals surface area contributed by atoms with E-state index >= 15 is 0 Å². The summed E-state index contributed by atoms with van der Waals surface area (Å²) in [5, 5.41) is 3.30. The number of aromatic nitrogens is 1. The van der Waals surface area contributed by atoms with Crippen LogP contribution in [0.15, 0.2) is 22.9 Å². The minimum atomic E-state index is -0.150. The summed E-state index contributed by atoms with van der Waals surface area (Å²) < 4.78 is 0.929. The highest BCUT2D eigenvalue weighted by atomic mass is 79.9. The Hall–Kier alpha value is -0.740. The molecular formula is C13H17BrN2O. The summed E-state index contributed by atoms with van der Waals surface area (Å²) in [6.45, 7) is 3.88. The van der Waals surface area contributed by atoms with E-state index in [0.29, 0.717) is 12.2 Å². The molecule has 0 radical (unpaired) electrons. The first-order valence-electron chi connectivity index (χ1n) is 6.00. The summed E-state index contributed by atoms with van der Waals surface area (Å²) in [4.78, 5) is 16.5. The summed E-state index contributed by atoms with van der Waals surface area (Å²) in [6, 6.07) is 1.97. The lowest BCUT2D eigenvalue weighted by atomic mass is 9.78. The molecule has 0 amide bonds. The first-order valence-corrected chi connectivity index (χ1v) is 6.79. The van der Waals surface area contributed by atoms with Gasteiger partial charge in [-0.2, -0.15) is 0 Å². The van der Waals surface area contributed by atoms with Crippen LogP contribution in [0.3, 0.4) is 0 Å². The van der Waals surface area contributed by atoms with Crippen molar-refractivity contribution >= 4 is 21.7 Å². The zero-order chi connectivity index (χ0) is 12.3. The van der Waals surface area contributed by atoms with Gasteiger partial charge >= 0.3 is 0 Å². The van der Waals surface area contributed by atoms with Crippen molar-refractivity contribution in [2.24, 2.45) is 5.41 Å². The monoisotopic (exact) mass is 296 g/mol. The van der Waals surface area contributed by atoms with Crippen molar-refractivity contribution in [3.8, 4) is 0 Å². The van der Waals surface area contributed by atoms with Crippen LogP contribution in [0, 0.1) is 5.41 Å². The second-order valence-corrected chi connectivity index (χ2v) is 5.59. The molecule has 92 valence electrons. The summed E-state index contributed by atoms with van der Waals surface area (Å²) in [5.74, 6) is 0.338. The molecule has 0 saturated carbocycles. The average molecular weight is 297 g/mol. The van der Waals surface area contributed by atoms with Crippen LogP contribution in [0.2, 0.25) is 0 Å². The number of nitrogens with one attached hydrogen (secondary N) is 1. The third-order valence-electron chi connectivity index (χ3n) is 3.64. The number of nitrogens with zero attached hydrogens (tertiary/aromatic N) is 1. The van der Waals surface area contributed by atoms with Gasteiger partial charge in [-0.05, 0) is 46.9 Å². The number of hydrogen-bond donors (Lipinski definition) is 1. The molecule has 3 nitrogen and oxygen atoms in total. The van der Waals surface area contributed by atoms with Crippen molar-refractivity contribution < 1.29 is 4.79 Å². The van der Waals surface area contributed by atoms with Gasteiger partial charge in [-0.15, -0.1) is 0 Å². The molecule has 2 rings (SSSR count). The number of Topliss-reactive ketones (excluding diaryl/α,β-unsaturated/α-hetero) is 1. The van der Waals surface area contributed by atoms with Crippen molar-refractivity contribution in [2.45, 2.75) is 26.2 Å². The zero-order valence-corrected chi connectivity index (χ0v) is 11.6. The molecule has 1 saturated heterocycles. The van der Waals surface area contributed by atoms with Crippen LogP contribution in [-0.2, 0) is 11.2 Å². The number of rotatable bonds is 4. The van der Waals surface area contributed by atoms with Crippen LogP contribution in [0.25, 0.3) is 0 Å². The largest absolute Gasteiger partial charge is 0.316 e. The summed E-state index contributed by atoms with van der Waals surface area (Å²) in [5.41, 5.74) is 0.839. The van der Waals surface area contributed by atoms with E-state index in [2.05, 4.69) is 33.2 Å². The Labute approximate surface area is 110 Å². The second kappa shape index (κ2) is 5.27. The minimum Gasteiger partial charge on any atom is -0.316 e. The van der Waals surface area contributed by atoms with Crippen LogP contribution in [-0.4, -0.2) is 23.9 Å². The van der Waals surface area contributed by atoms with Gasteiger partial charge in [0.1, 0.15) is 5.78 Å². The molecule has 1 unspecified atom stereocenters. The quantitative estimate of drug-likeness (QED) is 0.927. The van der Waals surface area contributed by atoms with Crippen molar-refractivity contribution in [2.75, 3.05) is 13.1 Å². The smallest absolute Gasteiger partial charge is 0.144 e. The van der Waals surface area contributed by atoms with Gasteiger partial charge in [0.2, 0.25) is 0 Å². The Morgan fingerprint density at radius 1 is 1.59 bits per heavy atom. The number of ketones is 1. The standard InChI is InChI=1S/C13H17BrN2O/c1-2-13(3-4-15-9-13)12(17)6-10-5-11(14)8-16-7-10/h5,7-8,15H,2-4,6,9H2,1H3. The minimum absolute atomic E-state index is 0.150. The van der Waals surface area contributed by atoms with Crippen molar-refractivity contribution in [1.29, 1.82) is 0 Å². The van der Waals surface area contributed by atoms with Gasteiger partial charge in [0.05, 0.1) is 0 Å². The van der Waals surface area contributed by atoms with Crippen LogP contribution in [0.5, 0.6) is 0 Å². The second-order valence-electron chi connectivity index (χ2n) is 4.67. The summed E-state index contributed by atoms with van der Waals surface area (Å²) in [7, 11) is 0. The predicted molar refractivity (Wildman–Crippen MR) is 70.9 cm³/mol. The molecule has 1 N–H and O–H groups in total. The molecule has 2 heterocycles. The lowest BCUT2D eigenvalue weighted by Gasteiger charge is -2.24. The third-order valence-corrected chi connectivity index (χ3v) is 4.07. The van der Waals surface area contributed by atoms with Gasteiger partial charge in [-0.25, -0.2) is 0 Å². The fourth-order valence-electron chi connectivity index (χ4n) is 2.41. The van der Waals surface area contributed by atoms with Gasteiger partial charge in [0.25, 0.3) is 0 Å². The number of pyridine rings is 1. The van der Waals surface area contributed by atoms with Crippen molar-refractivity contribution in [3.63, 3.8) is 0 Å². The Balaban J connectivity index is 2.10. The van der Waals surface area contributed by atoms with E-state index < -0.39 is 0 Å². The zero-order valence-electron chi connectivity index (χ0n) is 10.0. The lowest BCUT2D eigenvalue weighted by molar-refractivity contribution is -0.127. The fraction of sp³-hybridized carbons (Fsp3) is 0.538. The Morgan fingerprint density at radius 2 is 2.41 bits per heavy atom. The van der Waals surface area contributed by atoms with Crippen LogP contribution < -0.4 is 5.32 Å². The fourth-order valence-corrected chi connectivity index (χ4v) is 2.82. The molecule has 17 heavy (non-hydrogen) atoms. The summed E-state index contributed by atoms with van der Waals surface area (Å²) >= 11 is 3.38. The Bertz CT molecular complexity index is 414. The number of carbonyl (C=O) groups excluding carboxylic acids is 1. The summed E-state index contributed by atoms with van der Waals surface area (Å²) in [6.07, 6.45) is 5.88. The van der Waals surface area contributed by atoms with E-state index in [1.165, 1.54) is 0 Å². The van der Waals surface area contributed by atoms with Gasteiger partial charge in [0.15, 0.2) is 0 Å². The highest BCUT2D eigenvalue weighted by Gasteiger charge is 2.38. The van der Waals surface area contributed by atoms with Crippen LogP contribution in [0.4, 0.5) is 0 Å². The molecule has 1 fully saturated rings. The molecule has 4 heteroatoms. The van der Waals surface area contributed by atoms with Crippen LogP contribution in [0.1, 0.15) is 25.3 Å². The Morgan fingerprint density at radius 3 is 3.00 bits per heavy atom. The highest BCUT2D eigenvalue weighted by molar-refractivity contribution is 9.10. The normalized spacial score (nSPS) is 23.9. The molecule has 0 spiro atoms. The molecule has 1 atom stereocenters. The molecule has 0 bridgehead atoms. The molecule has 0 aliphatic carbocycles. The third kappa shape index (κ3) is 2.75. The highest BCUT2D eigenvalue weighted by Crippen LogP contribution is 2.31. The van der Waals surface area contributed by atoms with Gasteiger partial charge in [-0.3, -0.25) is 9.78 Å². The van der Waals surface area contributed by atoms with Crippen molar-refractivity contribution in [1.82, 2.24) is 10.3 Å². The number of halogens is 1. The maximum absolute atomic E-state index is 12.4. The van der Waals surface area contributed by atoms with Gasteiger partial charge in [-0.1, -0.05) is 6.92 Å². The SMILES string of the molecule is CCC1(C(=O)Cc2cncc(Br)c2)CCNC1. The van der Waals surface area contributed by atoms with E-state index in [1.807, 2.05) is 6.07 Å². The Kier molecular flexibility index (Phi) is 3.94. The molecular weight excluding hydrogens is 280 g/mol. The molecule has 1 aliphatic heterocycles. The van der Waals surface area contributed by atoms with E-state index in [-0.39, 0.29) is 5.41 Å². The molecule has 1 aromatic heterocycles. The molecule has 0 aromatic carbocycles. The van der Waals surface area contributed by atoms with E-state index in [1.54, 1.807) is 12.4 Å². The average Bonchev–Trinajstić information content (AvgIpc) is 2.78. The maximum atomic E-state index is 12.4. The van der Waals surface area contributed by atoms with Crippen molar-refractivity contribution in [3.05, 3.63) is 28.5 Å². The van der Waals surface area contributed by atoms with Crippen LogP contribution >= 0.6 is 15.9 Å². The molecule has 1 aliphatic rings. The van der Waals surface area contributed by atoms with E-state index in [4.69, 9.17) is 0 Å². The van der Waals surface area contributed by atoms with Gasteiger partial charge < -0.3 is 5.32 Å².